The lowest BCUT2D eigenvalue weighted by Crippen LogP contribution is -1.95. The van der Waals surface area contributed by atoms with Gasteiger partial charge in [0.15, 0.2) is 0 Å². The molecule has 1 N–H and O–H groups in total. The first-order valence-electron chi connectivity index (χ1n) is 6.06. The molecule has 0 aliphatic heterocycles. The molecular formula is C13H16N2O3S. The average Bonchev–Trinajstić information content (AvgIpc) is 2.66. The number of ether oxygens (including phenoxy) is 1. The van der Waals surface area contributed by atoms with E-state index in [0.29, 0.717) is 18.2 Å². The van der Waals surface area contributed by atoms with Crippen LogP contribution in [-0.2, 0) is 11.8 Å². The summed E-state index contributed by atoms with van der Waals surface area (Å²) in [6.45, 7) is 2.49. The third kappa shape index (κ3) is 3.20. The minimum atomic E-state index is -0.773. The molecule has 0 bridgehead atoms. The van der Waals surface area contributed by atoms with E-state index in [4.69, 9.17) is 9.84 Å². The highest BCUT2D eigenvalue weighted by Gasteiger charge is 2.10. The number of aliphatic carboxylic acids is 1. The number of carboxylic acid groups (broad SMARTS) is 1. The normalized spacial score (nSPS) is 10.8. The zero-order chi connectivity index (χ0) is 13.8. The lowest BCUT2D eigenvalue weighted by Gasteiger charge is -2.02. The van der Waals surface area contributed by atoms with Crippen LogP contribution in [-0.4, -0.2) is 33.2 Å². The number of benzene rings is 1. The van der Waals surface area contributed by atoms with Crippen molar-refractivity contribution in [2.45, 2.75) is 18.2 Å². The summed E-state index contributed by atoms with van der Waals surface area (Å²) in [7, 11) is 1.88. The summed E-state index contributed by atoms with van der Waals surface area (Å²) in [5.74, 6) is 0.413. The maximum atomic E-state index is 10.5. The summed E-state index contributed by atoms with van der Waals surface area (Å²) in [5.41, 5.74) is 1.01. The molecule has 1 aromatic heterocycles. The highest BCUT2D eigenvalue weighted by molar-refractivity contribution is 7.99. The van der Waals surface area contributed by atoms with Crippen molar-refractivity contribution in [2.75, 3.05) is 12.4 Å². The number of fused-ring (bicyclic) bond motifs is 1. The van der Waals surface area contributed by atoms with Crippen LogP contribution in [0.25, 0.3) is 10.9 Å². The van der Waals surface area contributed by atoms with Gasteiger partial charge >= 0.3 is 5.97 Å². The Balaban J connectivity index is 2.23. The predicted molar refractivity (Wildman–Crippen MR) is 74.9 cm³/mol. The molecule has 1 aromatic carbocycles. The van der Waals surface area contributed by atoms with Crippen molar-refractivity contribution in [1.29, 1.82) is 0 Å². The van der Waals surface area contributed by atoms with Gasteiger partial charge in [0.2, 0.25) is 5.88 Å². The molecule has 2 aromatic rings. The number of hydrogen-bond donors (Lipinski definition) is 1. The Kier molecular flexibility index (Phi) is 4.31. The Bertz CT molecular complexity index is 595. The largest absolute Gasteiger partial charge is 0.481 e. The molecule has 0 atom stereocenters. The van der Waals surface area contributed by atoms with Gasteiger partial charge in [0.05, 0.1) is 23.9 Å². The maximum absolute atomic E-state index is 10.5. The molecule has 0 radical (unpaired) electrons. The van der Waals surface area contributed by atoms with Crippen molar-refractivity contribution in [3.05, 3.63) is 18.2 Å². The second-order valence-corrected chi connectivity index (χ2v) is 5.20. The number of rotatable bonds is 6. The molecule has 19 heavy (non-hydrogen) atoms. The van der Waals surface area contributed by atoms with Crippen LogP contribution in [0.1, 0.15) is 13.3 Å². The third-order valence-corrected chi connectivity index (χ3v) is 3.65. The number of carboxylic acids is 1. The number of nitrogens with zero attached hydrogens (tertiary/aromatic N) is 2. The number of carbonyl (C=O) groups is 1. The van der Waals surface area contributed by atoms with Gasteiger partial charge in [-0.1, -0.05) is 0 Å². The van der Waals surface area contributed by atoms with E-state index in [0.717, 1.165) is 15.8 Å². The van der Waals surface area contributed by atoms with Gasteiger partial charge in [-0.05, 0) is 25.1 Å². The van der Waals surface area contributed by atoms with Crippen LogP contribution in [0.15, 0.2) is 23.1 Å². The fraction of sp³-hybridized carbons (Fsp3) is 0.385. The second-order valence-electron chi connectivity index (χ2n) is 4.03. The summed E-state index contributed by atoms with van der Waals surface area (Å²) in [5, 5.41) is 13.9. The quantitative estimate of drug-likeness (QED) is 0.824. The lowest BCUT2D eigenvalue weighted by atomic mass is 10.2. The average molecular weight is 280 g/mol. The molecule has 0 saturated heterocycles. The number of thioether (sulfide) groups is 1. The Morgan fingerprint density at radius 1 is 1.53 bits per heavy atom. The van der Waals surface area contributed by atoms with Crippen LogP contribution in [0.3, 0.4) is 0 Å². The molecule has 0 unspecified atom stereocenters. The first-order valence-corrected chi connectivity index (χ1v) is 7.04. The van der Waals surface area contributed by atoms with Crippen LogP contribution in [0, 0.1) is 0 Å². The highest BCUT2D eigenvalue weighted by Crippen LogP contribution is 2.29. The minimum absolute atomic E-state index is 0.161. The second kappa shape index (κ2) is 5.97. The SMILES string of the molecule is CCOc1nn(C)c2ccc(SCCC(=O)O)cc12. The number of hydrogen-bond acceptors (Lipinski definition) is 4. The summed E-state index contributed by atoms with van der Waals surface area (Å²) in [6.07, 6.45) is 0.161. The summed E-state index contributed by atoms with van der Waals surface area (Å²) in [4.78, 5) is 11.5. The van der Waals surface area contributed by atoms with Crippen LogP contribution >= 0.6 is 11.8 Å². The molecule has 102 valence electrons. The molecule has 0 fully saturated rings. The molecule has 0 spiro atoms. The monoisotopic (exact) mass is 280 g/mol. The van der Waals surface area contributed by atoms with E-state index < -0.39 is 5.97 Å². The van der Waals surface area contributed by atoms with Gasteiger partial charge < -0.3 is 9.84 Å². The van der Waals surface area contributed by atoms with Crippen molar-refractivity contribution >= 4 is 28.6 Å². The van der Waals surface area contributed by atoms with Gasteiger partial charge in [-0.25, -0.2) is 0 Å². The molecule has 1 heterocycles. The molecular weight excluding hydrogens is 264 g/mol. The summed E-state index contributed by atoms with van der Waals surface area (Å²) in [6, 6.07) is 5.96. The van der Waals surface area contributed by atoms with Crippen molar-refractivity contribution in [1.82, 2.24) is 9.78 Å². The van der Waals surface area contributed by atoms with Gasteiger partial charge in [0.1, 0.15) is 0 Å². The van der Waals surface area contributed by atoms with E-state index in [1.807, 2.05) is 32.2 Å². The standard InChI is InChI=1S/C13H16N2O3S/c1-3-18-13-10-8-9(19-7-6-12(16)17)4-5-11(10)15(2)14-13/h4-5,8H,3,6-7H2,1-2H3,(H,16,17). The van der Waals surface area contributed by atoms with E-state index in [2.05, 4.69) is 5.10 Å². The maximum Gasteiger partial charge on any atom is 0.304 e. The van der Waals surface area contributed by atoms with E-state index in [1.165, 1.54) is 11.8 Å². The van der Waals surface area contributed by atoms with Gasteiger partial charge in [-0.15, -0.1) is 16.9 Å². The number of aromatic nitrogens is 2. The van der Waals surface area contributed by atoms with E-state index in [-0.39, 0.29) is 6.42 Å². The first kappa shape index (κ1) is 13.7. The Hall–Kier alpha value is -1.69. The van der Waals surface area contributed by atoms with Crippen LogP contribution in [0.5, 0.6) is 5.88 Å². The summed E-state index contributed by atoms with van der Waals surface area (Å²) >= 11 is 1.53. The van der Waals surface area contributed by atoms with Crippen molar-refractivity contribution in [2.24, 2.45) is 7.05 Å². The zero-order valence-electron chi connectivity index (χ0n) is 10.9. The molecule has 0 amide bonds. The molecule has 0 aliphatic rings. The predicted octanol–water partition coefficient (Wildman–Crippen LogP) is 2.54. The molecule has 5 nitrogen and oxygen atoms in total. The zero-order valence-corrected chi connectivity index (χ0v) is 11.7. The van der Waals surface area contributed by atoms with E-state index in [1.54, 1.807) is 4.68 Å². The van der Waals surface area contributed by atoms with Gasteiger partial charge in [-0.2, -0.15) is 0 Å². The Morgan fingerprint density at radius 2 is 2.32 bits per heavy atom. The smallest absolute Gasteiger partial charge is 0.304 e. The first-order chi connectivity index (χ1) is 9.11. The Labute approximate surface area is 115 Å². The van der Waals surface area contributed by atoms with Gasteiger partial charge in [0.25, 0.3) is 0 Å². The lowest BCUT2D eigenvalue weighted by molar-refractivity contribution is -0.136. The molecule has 0 saturated carbocycles. The van der Waals surface area contributed by atoms with Gasteiger partial charge in [0, 0.05) is 17.7 Å². The summed E-state index contributed by atoms with van der Waals surface area (Å²) < 4.78 is 7.29. The van der Waals surface area contributed by atoms with E-state index >= 15 is 0 Å². The van der Waals surface area contributed by atoms with Crippen molar-refractivity contribution in [3.8, 4) is 5.88 Å². The number of aryl methyl sites for hydroxylation is 1. The fourth-order valence-corrected chi connectivity index (χ4v) is 2.68. The Morgan fingerprint density at radius 3 is 3.00 bits per heavy atom. The van der Waals surface area contributed by atoms with Crippen LogP contribution in [0.4, 0.5) is 0 Å². The minimum Gasteiger partial charge on any atom is -0.481 e. The third-order valence-electron chi connectivity index (χ3n) is 2.65. The topological polar surface area (TPSA) is 64.4 Å². The molecule has 6 heteroatoms. The van der Waals surface area contributed by atoms with Crippen molar-refractivity contribution < 1.29 is 14.6 Å². The van der Waals surface area contributed by atoms with E-state index in [9.17, 15) is 4.79 Å². The van der Waals surface area contributed by atoms with Crippen LogP contribution in [0.2, 0.25) is 0 Å². The van der Waals surface area contributed by atoms with Crippen molar-refractivity contribution in [3.63, 3.8) is 0 Å². The van der Waals surface area contributed by atoms with Crippen LogP contribution < -0.4 is 4.74 Å². The fourth-order valence-electron chi connectivity index (χ4n) is 1.80. The molecule has 0 aliphatic carbocycles. The van der Waals surface area contributed by atoms with Gasteiger partial charge in [-0.3, -0.25) is 9.48 Å². The highest BCUT2D eigenvalue weighted by atomic mass is 32.2. The molecule has 2 rings (SSSR count).